The Balaban J connectivity index is 0.000000283. The zero-order valence-electron chi connectivity index (χ0n) is 22.1. The van der Waals surface area contributed by atoms with E-state index in [4.69, 9.17) is 21.1 Å². The fraction of sp³-hybridized carbons (Fsp3) is 0.250. The number of esters is 1. The molecule has 0 fully saturated rings. The van der Waals surface area contributed by atoms with E-state index in [1.54, 1.807) is 24.3 Å². The SMILES string of the molecule is CN(C)CCOC(=O)COc1ccc(Cl)cc1.Cc1cc(O)c2c(c1O)C(=O)c1c(O)cc(C)c(O)c1C2=O.Cl. The number of carbonyl (C=O) groups excluding carboxylic acids is 3. The summed E-state index contributed by atoms with van der Waals surface area (Å²) in [6.45, 7) is 3.92. The first-order valence-electron chi connectivity index (χ1n) is 11.7. The highest BCUT2D eigenvalue weighted by atomic mass is 35.5. The van der Waals surface area contributed by atoms with Crippen LogP contribution in [-0.2, 0) is 9.53 Å². The van der Waals surface area contributed by atoms with Crippen LogP contribution in [0.4, 0.5) is 0 Å². The zero-order chi connectivity index (χ0) is 29.0. The summed E-state index contributed by atoms with van der Waals surface area (Å²) in [5.74, 6) is -3.22. The summed E-state index contributed by atoms with van der Waals surface area (Å²) in [5, 5.41) is 40.7. The smallest absolute Gasteiger partial charge is 0.344 e. The maximum atomic E-state index is 12.6. The summed E-state index contributed by atoms with van der Waals surface area (Å²) >= 11 is 5.72. The van der Waals surface area contributed by atoms with E-state index >= 15 is 0 Å². The summed E-state index contributed by atoms with van der Waals surface area (Å²) in [5.41, 5.74) is -1.04. The van der Waals surface area contributed by atoms with Crippen LogP contribution < -0.4 is 4.74 Å². The van der Waals surface area contributed by atoms with E-state index < -0.39 is 34.6 Å². The molecule has 3 aromatic rings. The minimum atomic E-state index is -0.825. The van der Waals surface area contributed by atoms with Crippen LogP contribution in [0.5, 0.6) is 28.7 Å². The van der Waals surface area contributed by atoms with E-state index in [0.29, 0.717) is 23.9 Å². The minimum Gasteiger partial charge on any atom is -0.507 e. The molecule has 0 radical (unpaired) electrons. The second-order valence-corrected chi connectivity index (χ2v) is 9.48. The van der Waals surface area contributed by atoms with Crippen LogP contribution in [-0.4, -0.2) is 76.7 Å². The van der Waals surface area contributed by atoms with E-state index in [1.165, 1.54) is 13.8 Å². The predicted octanol–water partition coefficient (Wildman–Crippen LogP) is 4.15. The molecule has 214 valence electrons. The summed E-state index contributed by atoms with van der Waals surface area (Å²) in [6.07, 6.45) is 0. The number of phenols is 4. The average Bonchev–Trinajstić information content (AvgIpc) is 2.86. The molecule has 0 bridgehead atoms. The van der Waals surface area contributed by atoms with Gasteiger partial charge in [-0.3, -0.25) is 9.59 Å². The first-order chi connectivity index (χ1) is 18.3. The van der Waals surface area contributed by atoms with Gasteiger partial charge >= 0.3 is 5.97 Å². The summed E-state index contributed by atoms with van der Waals surface area (Å²) < 4.78 is 10.2. The van der Waals surface area contributed by atoms with Gasteiger partial charge in [0.15, 0.2) is 6.61 Å². The molecule has 10 nitrogen and oxygen atoms in total. The van der Waals surface area contributed by atoms with Crippen LogP contribution in [0.25, 0.3) is 0 Å². The molecule has 12 heteroatoms. The van der Waals surface area contributed by atoms with Gasteiger partial charge in [-0.25, -0.2) is 4.79 Å². The average molecular weight is 594 g/mol. The van der Waals surface area contributed by atoms with Gasteiger partial charge in [0.2, 0.25) is 11.6 Å². The van der Waals surface area contributed by atoms with Gasteiger partial charge in [-0.2, -0.15) is 0 Å². The van der Waals surface area contributed by atoms with Gasteiger partial charge in [0.05, 0.1) is 22.3 Å². The molecular formula is C28H29Cl2NO9. The van der Waals surface area contributed by atoms with Crippen molar-refractivity contribution in [3.05, 3.63) is 74.8 Å². The molecule has 0 aromatic heterocycles. The van der Waals surface area contributed by atoms with Crippen LogP contribution in [0.1, 0.15) is 43.0 Å². The molecule has 0 unspecified atom stereocenters. The number of halogens is 2. The van der Waals surface area contributed by atoms with Crippen molar-refractivity contribution in [2.45, 2.75) is 13.8 Å². The van der Waals surface area contributed by atoms with E-state index in [1.807, 2.05) is 19.0 Å². The lowest BCUT2D eigenvalue weighted by Crippen LogP contribution is -2.22. The number of aromatic hydroxyl groups is 4. The van der Waals surface area contributed by atoms with Crippen LogP contribution in [0.3, 0.4) is 0 Å². The largest absolute Gasteiger partial charge is 0.507 e. The van der Waals surface area contributed by atoms with Gasteiger partial charge in [-0.05, 0) is 75.5 Å². The van der Waals surface area contributed by atoms with Crippen LogP contribution in [0, 0.1) is 13.8 Å². The van der Waals surface area contributed by atoms with Crippen molar-refractivity contribution in [3.63, 3.8) is 0 Å². The number of benzene rings is 3. The normalized spacial score (nSPS) is 11.6. The lowest BCUT2D eigenvalue weighted by Gasteiger charge is -2.22. The number of hydrogen-bond acceptors (Lipinski definition) is 10. The standard InChI is InChI=1S/C16H12O6.C12H16ClNO3.ClH/c1-5-3-7(17)9-11(13(5)19)15(21)10-8(18)4-6(2)14(20)12(10)16(9)22;1-14(2)7-8-16-12(15)9-17-11-5-3-10(13)4-6-11;/h3-4,17-20H,1-2H3;3-6H,7-9H2,1-2H3;1H. The number of phenolic OH excluding ortho intramolecular Hbond substituents is 4. The Morgan fingerprint density at radius 3 is 1.70 bits per heavy atom. The van der Waals surface area contributed by atoms with Crippen molar-refractivity contribution >= 4 is 41.5 Å². The van der Waals surface area contributed by atoms with Crippen molar-refractivity contribution in [3.8, 4) is 28.7 Å². The third kappa shape index (κ3) is 6.95. The second kappa shape index (κ2) is 13.4. The first kappa shape index (κ1) is 32.2. The molecule has 1 aliphatic rings. The topological polar surface area (TPSA) is 154 Å². The molecule has 4 N–H and O–H groups in total. The number of likely N-dealkylation sites (N-methyl/N-ethyl adjacent to an activating group) is 1. The number of ether oxygens (including phenoxy) is 2. The van der Waals surface area contributed by atoms with Gasteiger partial charge in [0, 0.05) is 11.6 Å². The monoisotopic (exact) mass is 593 g/mol. The Hall–Kier alpha value is -3.99. The predicted molar refractivity (Wildman–Crippen MR) is 150 cm³/mol. The lowest BCUT2D eigenvalue weighted by atomic mass is 9.80. The fourth-order valence-corrected chi connectivity index (χ4v) is 3.91. The van der Waals surface area contributed by atoms with Gasteiger partial charge in [0.25, 0.3) is 0 Å². The van der Waals surface area contributed by atoms with E-state index in [9.17, 15) is 34.8 Å². The zero-order valence-corrected chi connectivity index (χ0v) is 23.7. The third-order valence-electron chi connectivity index (χ3n) is 5.82. The van der Waals surface area contributed by atoms with Crippen molar-refractivity contribution in [2.24, 2.45) is 0 Å². The maximum absolute atomic E-state index is 12.6. The number of rotatable bonds is 6. The molecule has 0 saturated heterocycles. The van der Waals surface area contributed by atoms with Gasteiger partial charge in [-0.15, -0.1) is 12.4 Å². The van der Waals surface area contributed by atoms with Crippen LogP contribution >= 0.6 is 24.0 Å². The summed E-state index contributed by atoms with van der Waals surface area (Å²) in [7, 11) is 3.83. The van der Waals surface area contributed by atoms with Gasteiger partial charge < -0.3 is 34.8 Å². The molecule has 40 heavy (non-hydrogen) atoms. The number of hydrogen-bond donors (Lipinski definition) is 4. The molecule has 0 amide bonds. The molecule has 0 atom stereocenters. The van der Waals surface area contributed by atoms with Gasteiger partial charge in [0.1, 0.15) is 35.4 Å². The number of nitrogens with zero attached hydrogens (tertiary/aromatic N) is 1. The van der Waals surface area contributed by atoms with Crippen molar-refractivity contribution in [1.29, 1.82) is 0 Å². The quantitative estimate of drug-likeness (QED) is 0.189. The highest BCUT2D eigenvalue weighted by Gasteiger charge is 2.39. The molecule has 3 aromatic carbocycles. The van der Waals surface area contributed by atoms with Crippen LogP contribution in [0.2, 0.25) is 5.02 Å². The van der Waals surface area contributed by atoms with E-state index in [0.717, 1.165) is 12.1 Å². The highest BCUT2D eigenvalue weighted by Crippen LogP contribution is 2.45. The molecule has 0 heterocycles. The maximum Gasteiger partial charge on any atom is 0.344 e. The number of fused-ring (bicyclic) bond motifs is 2. The lowest BCUT2D eigenvalue weighted by molar-refractivity contribution is -0.146. The summed E-state index contributed by atoms with van der Waals surface area (Å²) in [6, 6.07) is 9.14. The number of aryl methyl sites for hydroxylation is 2. The Bertz CT molecular complexity index is 1360. The van der Waals surface area contributed by atoms with Crippen molar-refractivity contribution < 1.29 is 44.3 Å². The fourth-order valence-electron chi connectivity index (χ4n) is 3.79. The number of ketones is 2. The Morgan fingerprint density at radius 1 is 0.825 bits per heavy atom. The first-order valence-corrected chi connectivity index (χ1v) is 12.1. The molecular weight excluding hydrogens is 565 g/mol. The minimum absolute atomic E-state index is 0. The Kier molecular flexibility index (Phi) is 10.8. The Labute approximate surface area is 241 Å². The summed E-state index contributed by atoms with van der Waals surface area (Å²) in [4.78, 5) is 38.3. The third-order valence-corrected chi connectivity index (χ3v) is 6.07. The van der Waals surface area contributed by atoms with E-state index in [-0.39, 0.29) is 58.4 Å². The highest BCUT2D eigenvalue weighted by molar-refractivity contribution is 6.32. The number of carbonyl (C=O) groups is 3. The molecule has 0 saturated carbocycles. The van der Waals surface area contributed by atoms with Crippen molar-refractivity contribution in [2.75, 3.05) is 33.9 Å². The molecule has 0 spiro atoms. The Morgan fingerprint density at radius 2 is 1.27 bits per heavy atom. The van der Waals surface area contributed by atoms with Gasteiger partial charge in [-0.1, -0.05) is 11.6 Å². The molecule has 4 rings (SSSR count). The van der Waals surface area contributed by atoms with Crippen LogP contribution in [0.15, 0.2) is 36.4 Å². The second-order valence-electron chi connectivity index (χ2n) is 9.05. The van der Waals surface area contributed by atoms with E-state index in [2.05, 4.69) is 0 Å². The van der Waals surface area contributed by atoms with Crippen molar-refractivity contribution in [1.82, 2.24) is 4.90 Å². The molecule has 1 aliphatic carbocycles. The molecule has 0 aliphatic heterocycles.